The number of nitrogens with zero attached hydrogens (tertiary/aromatic N) is 2. The third-order valence-corrected chi connectivity index (χ3v) is 5.30. The summed E-state index contributed by atoms with van der Waals surface area (Å²) in [6, 6.07) is 0.117. The molecule has 1 spiro atoms. The molecule has 3 unspecified atom stereocenters. The van der Waals surface area contributed by atoms with Crippen LogP contribution in [0.5, 0.6) is 0 Å². The molecule has 112 valence electrons. The smallest absolute Gasteiger partial charge is 0.0940 e. The van der Waals surface area contributed by atoms with Gasteiger partial charge in [0, 0.05) is 19.6 Å². The maximum absolute atomic E-state index is 6.00. The van der Waals surface area contributed by atoms with Gasteiger partial charge >= 0.3 is 0 Å². The minimum absolute atomic E-state index is 0.0947. The van der Waals surface area contributed by atoms with Crippen molar-refractivity contribution in [1.82, 2.24) is 15.0 Å². The second-order valence-corrected chi connectivity index (χ2v) is 6.45. The summed E-state index contributed by atoms with van der Waals surface area (Å²) in [4.78, 5) is 1.18. The van der Waals surface area contributed by atoms with Gasteiger partial charge in [0.2, 0.25) is 0 Å². The predicted octanol–water partition coefficient (Wildman–Crippen LogP) is 1.19. The molecule has 0 radical (unpaired) electrons. The molecule has 6 nitrogen and oxygen atoms in total. The first kappa shape index (κ1) is 14.3. The van der Waals surface area contributed by atoms with Crippen molar-refractivity contribution in [3.63, 3.8) is 0 Å². The number of hydrogen-bond donors (Lipinski definition) is 2. The van der Waals surface area contributed by atoms with Gasteiger partial charge in [0.15, 0.2) is 0 Å². The van der Waals surface area contributed by atoms with E-state index in [9.17, 15) is 0 Å². The summed E-state index contributed by atoms with van der Waals surface area (Å²) in [6.45, 7) is 4.39. The lowest BCUT2D eigenvalue weighted by atomic mass is 9.80. The fourth-order valence-electron chi connectivity index (χ4n) is 3.34. The van der Waals surface area contributed by atoms with E-state index in [1.165, 1.54) is 16.4 Å². The average Bonchev–Trinajstić information content (AvgIpc) is 3.10. The number of rotatable bonds is 4. The molecular weight excluding hydrogens is 276 g/mol. The van der Waals surface area contributed by atoms with Crippen molar-refractivity contribution in [2.45, 2.75) is 44.2 Å². The van der Waals surface area contributed by atoms with Crippen LogP contribution in [-0.4, -0.2) is 35.0 Å². The third kappa shape index (κ3) is 2.60. The molecule has 3 atom stereocenters. The molecule has 2 fully saturated rings. The normalized spacial score (nSPS) is 31.8. The molecule has 2 saturated heterocycles. The standard InChI is InChI=1S/C13H22N4O2S/c1-2-10-12(20-17-16-10)11(15-14)9-3-5-19-13(7-9)4-6-18-8-13/h9,11,15H,2-8,14H2,1H3. The Labute approximate surface area is 123 Å². The van der Waals surface area contributed by atoms with Crippen molar-refractivity contribution in [1.29, 1.82) is 0 Å². The zero-order chi connectivity index (χ0) is 14.0. The van der Waals surface area contributed by atoms with Crippen LogP contribution in [-0.2, 0) is 15.9 Å². The Morgan fingerprint density at radius 2 is 2.45 bits per heavy atom. The van der Waals surface area contributed by atoms with Gasteiger partial charge in [-0.2, -0.15) is 0 Å². The Hall–Kier alpha value is -0.600. The maximum Gasteiger partial charge on any atom is 0.0940 e. The van der Waals surface area contributed by atoms with Crippen LogP contribution in [0.15, 0.2) is 0 Å². The second-order valence-electron chi connectivity index (χ2n) is 5.67. The zero-order valence-electron chi connectivity index (χ0n) is 11.8. The maximum atomic E-state index is 6.00. The third-order valence-electron chi connectivity index (χ3n) is 4.45. The molecule has 0 aromatic carbocycles. The van der Waals surface area contributed by atoms with Crippen LogP contribution in [0.1, 0.15) is 42.8 Å². The number of hydrogen-bond acceptors (Lipinski definition) is 7. The minimum atomic E-state index is -0.0947. The van der Waals surface area contributed by atoms with Gasteiger partial charge in [-0.1, -0.05) is 11.4 Å². The lowest BCUT2D eigenvalue weighted by Gasteiger charge is -2.40. The van der Waals surface area contributed by atoms with Gasteiger partial charge in [-0.3, -0.25) is 11.3 Å². The topological polar surface area (TPSA) is 82.3 Å². The van der Waals surface area contributed by atoms with E-state index in [1.807, 2.05) is 0 Å². The van der Waals surface area contributed by atoms with Gasteiger partial charge in [-0.05, 0) is 36.7 Å². The number of nitrogens with two attached hydrogens (primary N) is 1. The zero-order valence-corrected chi connectivity index (χ0v) is 12.6. The molecule has 3 rings (SSSR count). The summed E-state index contributed by atoms with van der Waals surface area (Å²) in [5, 5.41) is 4.20. The van der Waals surface area contributed by atoms with Gasteiger partial charge in [0.1, 0.15) is 0 Å². The van der Waals surface area contributed by atoms with Crippen molar-refractivity contribution >= 4 is 11.5 Å². The van der Waals surface area contributed by atoms with Crippen LogP contribution >= 0.6 is 11.5 Å². The van der Waals surface area contributed by atoms with Crippen molar-refractivity contribution < 1.29 is 9.47 Å². The number of ether oxygens (including phenoxy) is 2. The van der Waals surface area contributed by atoms with Crippen LogP contribution in [0.25, 0.3) is 0 Å². The predicted molar refractivity (Wildman–Crippen MR) is 76.2 cm³/mol. The molecule has 0 aliphatic carbocycles. The Morgan fingerprint density at radius 3 is 3.15 bits per heavy atom. The molecule has 0 bridgehead atoms. The van der Waals surface area contributed by atoms with Crippen LogP contribution in [0.4, 0.5) is 0 Å². The summed E-state index contributed by atoms with van der Waals surface area (Å²) in [6.07, 6.45) is 3.88. The molecule has 1 aromatic rings. The fraction of sp³-hybridized carbons (Fsp3) is 0.846. The molecule has 3 N–H and O–H groups in total. The first-order valence-electron chi connectivity index (χ1n) is 7.27. The Morgan fingerprint density at radius 1 is 1.55 bits per heavy atom. The lowest BCUT2D eigenvalue weighted by molar-refractivity contribution is -0.103. The highest BCUT2D eigenvalue weighted by molar-refractivity contribution is 7.05. The second kappa shape index (κ2) is 6.03. The molecule has 20 heavy (non-hydrogen) atoms. The van der Waals surface area contributed by atoms with Gasteiger partial charge < -0.3 is 9.47 Å². The molecule has 2 aliphatic heterocycles. The monoisotopic (exact) mass is 298 g/mol. The summed E-state index contributed by atoms with van der Waals surface area (Å²) < 4.78 is 15.6. The van der Waals surface area contributed by atoms with Crippen molar-refractivity contribution in [3.05, 3.63) is 10.6 Å². The van der Waals surface area contributed by atoms with E-state index in [1.54, 1.807) is 0 Å². The van der Waals surface area contributed by atoms with E-state index in [-0.39, 0.29) is 11.6 Å². The summed E-state index contributed by atoms with van der Waals surface area (Å²) in [7, 11) is 0. The Balaban J connectivity index is 1.78. The van der Waals surface area contributed by atoms with E-state index in [0.29, 0.717) is 12.5 Å². The average molecular weight is 298 g/mol. The highest BCUT2D eigenvalue weighted by Crippen LogP contribution is 2.41. The first-order valence-corrected chi connectivity index (χ1v) is 8.04. The van der Waals surface area contributed by atoms with Crippen LogP contribution in [0.2, 0.25) is 0 Å². The van der Waals surface area contributed by atoms with Crippen LogP contribution in [0.3, 0.4) is 0 Å². The van der Waals surface area contributed by atoms with E-state index < -0.39 is 0 Å². The fourth-order valence-corrected chi connectivity index (χ4v) is 4.23. The summed E-state index contributed by atoms with van der Waals surface area (Å²) >= 11 is 1.46. The number of nitrogens with one attached hydrogen (secondary N) is 1. The summed E-state index contributed by atoms with van der Waals surface area (Å²) in [5.74, 6) is 6.28. The molecule has 0 amide bonds. The van der Waals surface area contributed by atoms with Crippen LogP contribution < -0.4 is 11.3 Å². The first-order chi connectivity index (χ1) is 9.78. The molecule has 2 aliphatic rings. The molecule has 1 aromatic heterocycles. The van der Waals surface area contributed by atoms with Crippen LogP contribution in [0, 0.1) is 5.92 Å². The summed E-state index contributed by atoms with van der Waals surface area (Å²) in [5.41, 5.74) is 3.95. The minimum Gasteiger partial charge on any atom is -0.378 e. The molecule has 7 heteroatoms. The highest BCUT2D eigenvalue weighted by Gasteiger charge is 2.43. The van der Waals surface area contributed by atoms with Crippen molar-refractivity contribution in [3.8, 4) is 0 Å². The van der Waals surface area contributed by atoms with E-state index >= 15 is 0 Å². The van der Waals surface area contributed by atoms with Gasteiger partial charge in [-0.25, -0.2) is 0 Å². The lowest BCUT2D eigenvalue weighted by Crippen LogP contribution is -2.45. The molecular formula is C13H22N4O2S. The van der Waals surface area contributed by atoms with Gasteiger partial charge in [-0.15, -0.1) is 5.10 Å². The quantitative estimate of drug-likeness (QED) is 0.642. The van der Waals surface area contributed by atoms with Crippen molar-refractivity contribution in [2.75, 3.05) is 19.8 Å². The Kier molecular flexibility index (Phi) is 4.32. The van der Waals surface area contributed by atoms with Crippen molar-refractivity contribution in [2.24, 2.45) is 11.8 Å². The van der Waals surface area contributed by atoms with E-state index in [2.05, 4.69) is 21.9 Å². The molecule has 3 heterocycles. The molecule has 0 saturated carbocycles. The largest absolute Gasteiger partial charge is 0.378 e. The number of aromatic nitrogens is 2. The Bertz CT molecular complexity index is 447. The highest BCUT2D eigenvalue weighted by atomic mass is 32.1. The van der Waals surface area contributed by atoms with E-state index in [4.69, 9.17) is 15.3 Å². The van der Waals surface area contributed by atoms with Gasteiger partial charge in [0.05, 0.1) is 28.8 Å². The SMILES string of the molecule is CCc1nnsc1C(NN)C1CCOC2(CCOC2)C1. The van der Waals surface area contributed by atoms with E-state index in [0.717, 1.165) is 44.6 Å². The number of hydrazine groups is 1. The number of aryl methyl sites for hydroxylation is 1. The van der Waals surface area contributed by atoms with Gasteiger partial charge in [0.25, 0.3) is 0 Å².